The van der Waals surface area contributed by atoms with Crippen molar-refractivity contribution in [2.24, 2.45) is 0 Å². The first-order chi connectivity index (χ1) is 13.6. The number of rotatable bonds is 1. The van der Waals surface area contributed by atoms with Crippen molar-refractivity contribution < 1.29 is 48.7 Å². The van der Waals surface area contributed by atoms with Crippen LogP contribution in [-0.2, 0) is 23.9 Å². The minimum atomic E-state index is 0. The molecule has 0 bridgehead atoms. The first kappa shape index (κ1) is 26.4. The Kier molecular flexibility index (Phi) is 11.9. The quantitative estimate of drug-likeness (QED) is 0.229. The first-order valence-electron chi connectivity index (χ1n) is 9.53. The summed E-state index contributed by atoms with van der Waals surface area (Å²) < 4.78 is 1.56. The average Bonchev–Trinajstić information content (AvgIpc) is 3.37. The molecule has 4 aromatic carbocycles. The molecule has 0 aliphatic heterocycles. The first-order valence-corrected chi connectivity index (χ1v) is 11.3. The van der Waals surface area contributed by atoms with Crippen LogP contribution in [0.25, 0.3) is 27.1 Å². The molecular formula is C27H24Cl2Hf-2. The maximum atomic E-state index is 3.28. The van der Waals surface area contributed by atoms with Crippen molar-refractivity contribution in [1.82, 2.24) is 0 Å². The monoisotopic (exact) mass is 598 g/mol. The van der Waals surface area contributed by atoms with E-state index in [1.807, 2.05) is 6.07 Å². The van der Waals surface area contributed by atoms with Crippen LogP contribution in [0.4, 0.5) is 0 Å². The number of halogens is 2. The molecule has 5 rings (SSSR count). The molecule has 3 heteroatoms. The van der Waals surface area contributed by atoms with Gasteiger partial charge in [0, 0.05) is 0 Å². The second-order valence-corrected chi connectivity index (χ2v) is 10.5. The summed E-state index contributed by atoms with van der Waals surface area (Å²) in [5, 5.41) is 5.39. The largest absolute Gasteiger partial charge is 1.00 e. The van der Waals surface area contributed by atoms with Crippen LogP contribution in [0.15, 0.2) is 97.1 Å². The summed E-state index contributed by atoms with van der Waals surface area (Å²) in [6.07, 6.45) is 8.49. The molecule has 0 fully saturated rings. The van der Waals surface area contributed by atoms with Gasteiger partial charge in [-0.05, 0) is 0 Å². The van der Waals surface area contributed by atoms with Gasteiger partial charge >= 0.3 is 41.0 Å². The zero-order valence-electron chi connectivity index (χ0n) is 17.2. The smallest absolute Gasteiger partial charge is 0.0643 e. The van der Waals surface area contributed by atoms with Crippen molar-refractivity contribution in [3.05, 3.63) is 109 Å². The third-order valence-electron chi connectivity index (χ3n) is 4.30. The molecule has 0 heterocycles. The summed E-state index contributed by atoms with van der Waals surface area (Å²) in [6, 6.07) is 29.6. The molecule has 0 spiro atoms. The van der Waals surface area contributed by atoms with Crippen molar-refractivity contribution in [3.63, 3.8) is 0 Å². The van der Waals surface area contributed by atoms with Crippen LogP contribution in [0.2, 0.25) is 0 Å². The summed E-state index contributed by atoms with van der Waals surface area (Å²) in [6.45, 7) is 4.29. The number of benzene rings is 3. The van der Waals surface area contributed by atoms with Gasteiger partial charge in [0.25, 0.3) is 0 Å². The van der Waals surface area contributed by atoms with Crippen LogP contribution in [0.1, 0.15) is 25.8 Å². The SMILES string of the molecule is C[C](C)=[Hf+2].[C-]1=C(c2ccccc2)C=CC1.[Cl-].[Cl-].c1ccc2c(c1)[cH-]c1ccccc12. The van der Waals surface area contributed by atoms with Gasteiger partial charge in [-0.25, -0.2) is 0 Å². The predicted octanol–water partition coefficient (Wildman–Crippen LogP) is 1.30. The van der Waals surface area contributed by atoms with Gasteiger partial charge in [-0.2, -0.15) is 17.7 Å². The van der Waals surface area contributed by atoms with Gasteiger partial charge in [-0.3, -0.25) is 0 Å². The van der Waals surface area contributed by atoms with Gasteiger partial charge in [0.05, 0.1) is 0 Å². The van der Waals surface area contributed by atoms with Gasteiger partial charge in [-0.1, -0.05) is 61.0 Å². The van der Waals surface area contributed by atoms with E-state index in [0.717, 1.165) is 6.42 Å². The number of fused-ring (bicyclic) bond motifs is 3. The Morgan fingerprint density at radius 3 is 1.70 bits per heavy atom. The number of allylic oxidation sites excluding steroid dienone is 4. The number of hydrogen-bond donors (Lipinski definition) is 0. The van der Waals surface area contributed by atoms with E-state index in [1.165, 1.54) is 56.6 Å². The van der Waals surface area contributed by atoms with Crippen molar-refractivity contribution in [2.75, 3.05) is 0 Å². The third kappa shape index (κ3) is 7.54. The van der Waals surface area contributed by atoms with E-state index >= 15 is 0 Å². The Labute approximate surface area is 206 Å². The molecule has 1 aliphatic carbocycles. The topological polar surface area (TPSA) is 0 Å². The van der Waals surface area contributed by atoms with E-state index in [-0.39, 0.29) is 24.8 Å². The zero-order valence-corrected chi connectivity index (χ0v) is 22.3. The third-order valence-corrected chi connectivity index (χ3v) is 4.30. The molecule has 152 valence electrons. The Morgan fingerprint density at radius 2 is 1.23 bits per heavy atom. The summed E-state index contributed by atoms with van der Waals surface area (Å²) >= 11 is 1.27. The average molecular weight is 598 g/mol. The minimum Gasteiger partial charge on any atom is -1.00 e. The standard InChI is InChI=1S/C13H9.C11H9.C3H6.2ClH.Hf/c1-3-7-12-10(5-1)9-11-6-2-4-8-13(11)12;1-2-6-10(7-3-1)11-8-4-5-9-11;1-3-2;;;/h1-9H;1-4,6-8H,5H2;1-2H3;2*1H;/q2*-1;;;;+2/p-2. The Balaban J connectivity index is 0.000000244. The molecule has 0 nitrogen and oxygen atoms in total. The van der Waals surface area contributed by atoms with Crippen molar-refractivity contribution in [2.45, 2.75) is 20.3 Å². The van der Waals surface area contributed by atoms with Crippen molar-refractivity contribution >= 4 is 30.4 Å². The van der Waals surface area contributed by atoms with E-state index in [2.05, 4.69) is 111 Å². The predicted molar refractivity (Wildman–Crippen MR) is 120 cm³/mol. The summed E-state index contributed by atoms with van der Waals surface area (Å²) in [5.74, 6) is 0. The molecule has 1 aliphatic rings. The van der Waals surface area contributed by atoms with Gasteiger partial charge < -0.3 is 24.8 Å². The van der Waals surface area contributed by atoms with E-state index in [4.69, 9.17) is 0 Å². The van der Waals surface area contributed by atoms with Gasteiger partial charge in [0.1, 0.15) is 0 Å². The second kappa shape index (κ2) is 13.6. The van der Waals surface area contributed by atoms with Crippen LogP contribution >= 0.6 is 0 Å². The van der Waals surface area contributed by atoms with E-state index in [1.54, 1.807) is 3.26 Å². The molecule has 0 N–H and O–H groups in total. The molecule has 0 radical (unpaired) electrons. The van der Waals surface area contributed by atoms with Gasteiger partial charge in [0.2, 0.25) is 0 Å². The van der Waals surface area contributed by atoms with Crippen LogP contribution in [0.5, 0.6) is 0 Å². The fraction of sp³-hybridized carbons (Fsp3) is 0.111. The van der Waals surface area contributed by atoms with E-state index < -0.39 is 0 Å². The second-order valence-electron chi connectivity index (χ2n) is 6.88. The van der Waals surface area contributed by atoms with Crippen LogP contribution in [-0.4, -0.2) is 3.26 Å². The Hall–Kier alpha value is -1.67. The van der Waals surface area contributed by atoms with E-state index in [0.29, 0.717) is 0 Å². The maximum absolute atomic E-state index is 3.28. The Bertz CT molecular complexity index is 1070. The molecular weight excluding hydrogens is 574 g/mol. The molecule has 0 unspecified atom stereocenters. The molecule has 30 heavy (non-hydrogen) atoms. The maximum Gasteiger partial charge on any atom is -0.0643 e. The molecule has 0 amide bonds. The van der Waals surface area contributed by atoms with Crippen LogP contribution in [0.3, 0.4) is 0 Å². The minimum absolute atomic E-state index is 0. The van der Waals surface area contributed by atoms with Gasteiger partial charge in [0.15, 0.2) is 0 Å². The van der Waals surface area contributed by atoms with E-state index in [9.17, 15) is 0 Å². The molecule has 4 aromatic rings. The molecule has 0 atom stereocenters. The molecule has 0 aromatic heterocycles. The van der Waals surface area contributed by atoms with Crippen molar-refractivity contribution in [1.29, 1.82) is 0 Å². The Morgan fingerprint density at radius 1 is 0.767 bits per heavy atom. The molecule has 0 saturated carbocycles. The fourth-order valence-electron chi connectivity index (χ4n) is 3.12. The van der Waals surface area contributed by atoms with Crippen LogP contribution < -0.4 is 24.8 Å². The summed E-state index contributed by atoms with van der Waals surface area (Å²) in [5.41, 5.74) is 2.49. The van der Waals surface area contributed by atoms with Crippen LogP contribution in [0, 0.1) is 6.08 Å². The normalized spacial score (nSPS) is 11.3. The van der Waals surface area contributed by atoms with Gasteiger partial charge in [-0.15, -0.1) is 63.5 Å². The fourth-order valence-corrected chi connectivity index (χ4v) is 3.12. The molecule has 0 saturated heterocycles. The summed E-state index contributed by atoms with van der Waals surface area (Å²) in [4.78, 5) is 0. The zero-order chi connectivity index (χ0) is 19.8. The van der Waals surface area contributed by atoms with Crippen molar-refractivity contribution in [3.8, 4) is 0 Å². The summed E-state index contributed by atoms with van der Waals surface area (Å²) in [7, 11) is 0. The number of hydrogen-bond acceptors (Lipinski definition) is 0.